The number of morpholine rings is 1. The molecule has 2 atom stereocenters. The molecule has 14 heteroatoms. The normalized spacial score (nSPS) is 17.1. The molecule has 1 unspecified atom stereocenters. The lowest BCUT2D eigenvalue weighted by molar-refractivity contribution is 0.0526. The molecule has 5 heterocycles. The molecule has 2 aliphatic rings. The number of aryl methyl sites for hydroxylation is 1. The Hall–Kier alpha value is -3.88. The SMILES string of the molecule is C[C@H](NC(=O)N1CCOCC1)c1cnn2c(NC3CCc4[nH]c5ccccc5c4C3)nc(-c3cncc(F)c3)nc12.S.S. The first-order chi connectivity index (χ1) is 20.0. The van der Waals surface area contributed by atoms with Gasteiger partial charge in [-0.25, -0.2) is 14.2 Å². The summed E-state index contributed by atoms with van der Waals surface area (Å²) in [6.07, 6.45) is 7.02. The number of rotatable bonds is 5. The fourth-order valence-electron chi connectivity index (χ4n) is 5.75. The Balaban J connectivity index is 0.00000184. The van der Waals surface area contributed by atoms with Gasteiger partial charge >= 0.3 is 6.03 Å². The number of halogens is 1. The van der Waals surface area contributed by atoms with E-state index < -0.39 is 5.82 Å². The number of hydrogen-bond acceptors (Lipinski definition) is 7. The fourth-order valence-corrected chi connectivity index (χ4v) is 5.75. The number of anilines is 1. The van der Waals surface area contributed by atoms with Crippen LogP contribution < -0.4 is 10.6 Å². The average Bonchev–Trinajstić information content (AvgIpc) is 3.59. The number of carbonyl (C=O) groups is 1. The number of hydrogen-bond donors (Lipinski definition) is 3. The zero-order valence-corrected chi connectivity index (χ0v) is 25.6. The molecule has 1 fully saturated rings. The molecule has 1 aromatic carbocycles. The second-order valence-corrected chi connectivity index (χ2v) is 10.6. The molecule has 1 aliphatic carbocycles. The number of nitrogens with zero attached hydrogens (tertiary/aromatic N) is 6. The molecule has 5 aromatic rings. The van der Waals surface area contributed by atoms with Crippen LogP contribution in [0.4, 0.5) is 15.1 Å². The van der Waals surface area contributed by atoms with Crippen molar-refractivity contribution < 1.29 is 13.9 Å². The molecule has 0 radical (unpaired) electrons. The van der Waals surface area contributed by atoms with Crippen molar-refractivity contribution in [2.24, 2.45) is 0 Å². The van der Waals surface area contributed by atoms with Gasteiger partial charge in [0.15, 0.2) is 11.5 Å². The number of amides is 2. The molecule has 226 valence electrons. The predicted octanol–water partition coefficient (Wildman–Crippen LogP) is 4.10. The van der Waals surface area contributed by atoms with Gasteiger partial charge in [-0.1, -0.05) is 18.2 Å². The van der Waals surface area contributed by atoms with Crippen molar-refractivity contribution in [2.45, 2.75) is 38.3 Å². The Morgan fingerprint density at radius 1 is 1.14 bits per heavy atom. The van der Waals surface area contributed by atoms with Crippen LogP contribution in [0.5, 0.6) is 0 Å². The van der Waals surface area contributed by atoms with E-state index in [2.05, 4.69) is 43.9 Å². The van der Waals surface area contributed by atoms with Crippen molar-refractivity contribution in [3.05, 3.63) is 71.6 Å². The Bertz CT molecular complexity index is 1750. The number of nitrogens with one attached hydrogen (secondary N) is 3. The molecule has 2 amide bonds. The van der Waals surface area contributed by atoms with Crippen molar-refractivity contribution in [3.8, 4) is 11.4 Å². The number of ether oxygens (including phenoxy) is 1. The van der Waals surface area contributed by atoms with Crippen molar-refractivity contribution in [3.63, 3.8) is 0 Å². The summed E-state index contributed by atoms with van der Waals surface area (Å²) in [5.41, 5.74) is 5.44. The van der Waals surface area contributed by atoms with Gasteiger partial charge in [0.05, 0.1) is 31.6 Å². The molecule has 43 heavy (non-hydrogen) atoms. The zero-order chi connectivity index (χ0) is 27.9. The maximum Gasteiger partial charge on any atom is 0.318 e. The summed E-state index contributed by atoms with van der Waals surface area (Å²) in [7, 11) is 0. The molecule has 4 aromatic heterocycles. The van der Waals surface area contributed by atoms with Crippen LogP contribution in [-0.4, -0.2) is 72.8 Å². The van der Waals surface area contributed by atoms with Crippen LogP contribution in [0.25, 0.3) is 27.9 Å². The highest BCUT2D eigenvalue weighted by Crippen LogP contribution is 2.31. The number of benzene rings is 1. The van der Waals surface area contributed by atoms with E-state index in [1.165, 1.54) is 28.9 Å². The minimum atomic E-state index is -0.473. The molecule has 0 bridgehead atoms. The third kappa shape index (κ3) is 5.99. The summed E-state index contributed by atoms with van der Waals surface area (Å²) in [4.78, 5) is 31.7. The molecule has 0 saturated carbocycles. The van der Waals surface area contributed by atoms with E-state index in [0.717, 1.165) is 36.5 Å². The first kappa shape index (κ1) is 30.6. The zero-order valence-electron chi connectivity index (χ0n) is 23.6. The maximum absolute atomic E-state index is 14.1. The minimum absolute atomic E-state index is 0. The van der Waals surface area contributed by atoms with Gasteiger partial charge in [0.1, 0.15) is 5.82 Å². The fraction of sp³-hybridized carbons (Fsp3) is 0.345. The highest BCUT2D eigenvalue weighted by atomic mass is 32.1. The monoisotopic (exact) mass is 623 g/mol. The Morgan fingerprint density at radius 2 is 1.95 bits per heavy atom. The summed E-state index contributed by atoms with van der Waals surface area (Å²) in [6.45, 7) is 4.02. The van der Waals surface area contributed by atoms with E-state index in [0.29, 0.717) is 49.3 Å². The van der Waals surface area contributed by atoms with E-state index in [1.807, 2.05) is 13.0 Å². The van der Waals surface area contributed by atoms with E-state index in [4.69, 9.17) is 14.7 Å². The number of urea groups is 1. The largest absolute Gasteiger partial charge is 0.378 e. The Labute approximate surface area is 261 Å². The van der Waals surface area contributed by atoms with Crippen LogP contribution in [0, 0.1) is 5.82 Å². The van der Waals surface area contributed by atoms with Crippen LogP contribution in [0.2, 0.25) is 0 Å². The molecule has 1 aliphatic heterocycles. The Kier molecular flexibility index (Phi) is 9.08. The lowest BCUT2D eigenvalue weighted by atomic mass is 9.91. The van der Waals surface area contributed by atoms with Gasteiger partial charge in [-0.15, -0.1) is 0 Å². The standard InChI is InChI=1S/C29H30FN9O2.2H2S/c1-17(33-29(40)38-8-10-41-11-9-38)23-16-32-39-27(23)36-26(18-12-19(30)15-31-14-18)37-28(39)34-20-6-7-25-22(13-20)21-4-2-3-5-24(21)35-25;;/h2-5,12,14-17,20,35H,6-11,13H2,1H3,(H,33,40)(H,34,36,37);2*1H2/t17-,20?;;/m0../s1. The van der Waals surface area contributed by atoms with Crippen molar-refractivity contribution in [1.82, 2.24) is 39.8 Å². The molecular formula is C29H34FN9O2S2. The van der Waals surface area contributed by atoms with E-state index >= 15 is 0 Å². The van der Waals surface area contributed by atoms with E-state index in [1.54, 1.807) is 15.6 Å². The number of para-hydroxylation sites is 1. The predicted molar refractivity (Wildman–Crippen MR) is 172 cm³/mol. The Morgan fingerprint density at radius 3 is 2.77 bits per heavy atom. The molecule has 7 rings (SSSR count). The smallest absolute Gasteiger partial charge is 0.318 e. The van der Waals surface area contributed by atoms with E-state index in [9.17, 15) is 9.18 Å². The first-order valence-electron chi connectivity index (χ1n) is 13.9. The van der Waals surface area contributed by atoms with Crippen LogP contribution >= 0.6 is 27.0 Å². The van der Waals surface area contributed by atoms with Crippen molar-refractivity contribution in [2.75, 3.05) is 31.6 Å². The van der Waals surface area contributed by atoms with Gasteiger partial charge in [0.25, 0.3) is 0 Å². The first-order valence-corrected chi connectivity index (χ1v) is 13.9. The molecular weight excluding hydrogens is 590 g/mol. The third-order valence-corrected chi connectivity index (χ3v) is 7.89. The summed E-state index contributed by atoms with van der Waals surface area (Å²) in [6, 6.07) is 9.27. The number of carbonyl (C=O) groups excluding carboxylic acids is 1. The summed E-state index contributed by atoms with van der Waals surface area (Å²) >= 11 is 0. The third-order valence-electron chi connectivity index (χ3n) is 7.89. The number of pyridine rings is 1. The van der Waals surface area contributed by atoms with Crippen LogP contribution in [0.1, 0.15) is 36.2 Å². The minimum Gasteiger partial charge on any atom is -0.378 e. The highest BCUT2D eigenvalue weighted by Gasteiger charge is 2.26. The van der Waals surface area contributed by atoms with Gasteiger partial charge in [0, 0.05) is 53.1 Å². The topological polar surface area (TPSA) is 125 Å². The second kappa shape index (κ2) is 12.8. The van der Waals surface area contributed by atoms with E-state index in [-0.39, 0.29) is 45.1 Å². The highest BCUT2D eigenvalue weighted by molar-refractivity contribution is 7.59. The maximum atomic E-state index is 14.1. The van der Waals surface area contributed by atoms with Gasteiger partial charge in [-0.2, -0.15) is 41.6 Å². The van der Waals surface area contributed by atoms with Gasteiger partial charge < -0.3 is 25.3 Å². The van der Waals surface area contributed by atoms with Crippen molar-refractivity contribution in [1.29, 1.82) is 0 Å². The molecule has 0 spiro atoms. The lowest BCUT2D eigenvalue weighted by Crippen LogP contribution is -2.46. The number of aromatic nitrogens is 6. The van der Waals surface area contributed by atoms with Crippen LogP contribution in [-0.2, 0) is 17.6 Å². The van der Waals surface area contributed by atoms with Crippen LogP contribution in [0.15, 0.2) is 48.9 Å². The van der Waals surface area contributed by atoms with Crippen molar-refractivity contribution >= 4 is 55.5 Å². The van der Waals surface area contributed by atoms with Gasteiger partial charge in [-0.3, -0.25) is 4.98 Å². The van der Waals surface area contributed by atoms with Gasteiger partial charge in [-0.05, 0) is 43.9 Å². The summed E-state index contributed by atoms with van der Waals surface area (Å²) < 4.78 is 21.2. The molecule has 1 saturated heterocycles. The average molecular weight is 624 g/mol. The molecule has 3 N–H and O–H groups in total. The lowest BCUT2D eigenvalue weighted by Gasteiger charge is -2.28. The number of H-pyrrole nitrogens is 1. The molecule has 11 nitrogen and oxygen atoms in total. The number of aromatic amines is 1. The van der Waals surface area contributed by atoms with Crippen LogP contribution in [0.3, 0.4) is 0 Å². The number of fused-ring (bicyclic) bond motifs is 4. The summed E-state index contributed by atoms with van der Waals surface area (Å²) in [5, 5.41) is 12.5. The summed E-state index contributed by atoms with van der Waals surface area (Å²) in [5.74, 6) is 0.351. The van der Waals surface area contributed by atoms with Gasteiger partial charge in [0.2, 0.25) is 5.95 Å². The second-order valence-electron chi connectivity index (χ2n) is 10.6. The quantitative estimate of drug-likeness (QED) is 0.269.